The van der Waals surface area contributed by atoms with Crippen molar-refractivity contribution >= 4 is 27.2 Å². The number of nitrogen functional groups attached to an aromatic ring is 1. The van der Waals surface area contributed by atoms with Crippen molar-refractivity contribution in [3.63, 3.8) is 0 Å². The van der Waals surface area contributed by atoms with Crippen LogP contribution in [0.3, 0.4) is 0 Å². The summed E-state index contributed by atoms with van der Waals surface area (Å²) >= 11 is 1.54. The number of nitrogens with two attached hydrogens (primary N) is 1. The Morgan fingerprint density at radius 1 is 1.44 bits per heavy atom. The number of hydrogen-bond acceptors (Lipinski definition) is 4. The summed E-state index contributed by atoms with van der Waals surface area (Å²) in [6, 6.07) is 5.71. The van der Waals surface area contributed by atoms with Crippen LogP contribution in [0, 0.1) is 0 Å². The Balaban J connectivity index is 2.33. The van der Waals surface area contributed by atoms with E-state index in [1.54, 1.807) is 11.3 Å². The summed E-state index contributed by atoms with van der Waals surface area (Å²) in [4.78, 5) is 4.43. The van der Waals surface area contributed by atoms with E-state index in [9.17, 15) is 0 Å². The first-order chi connectivity index (χ1) is 7.50. The van der Waals surface area contributed by atoms with E-state index in [-0.39, 0.29) is 5.60 Å². The van der Waals surface area contributed by atoms with Crippen molar-refractivity contribution in [3.05, 3.63) is 18.2 Å². The molecule has 0 saturated heterocycles. The second kappa shape index (κ2) is 3.94. The van der Waals surface area contributed by atoms with Crippen molar-refractivity contribution in [3.8, 4) is 5.19 Å². The van der Waals surface area contributed by atoms with Gasteiger partial charge in [-0.05, 0) is 38.5 Å². The lowest BCUT2D eigenvalue weighted by Crippen LogP contribution is -2.26. The molecule has 2 rings (SSSR count). The van der Waals surface area contributed by atoms with E-state index in [1.807, 2.05) is 18.2 Å². The summed E-state index contributed by atoms with van der Waals surface area (Å²) in [5.41, 5.74) is 7.26. The number of fused-ring (bicyclic) bond motifs is 1. The van der Waals surface area contributed by atoms with Crippen LogP contribution in [0.25, 0.3) is 10.2 Å². The highest BCUT2D eigenvalue weighted by atomic mass is 32.1. The van der Waals surface area contributed by atoms with Crippen LogP contribution in [0.4, 0.5) is 5.69 Å². The summed E-state index contributed by atoms with van der Waals surface area (Å²) in [7, 11) is 0. The molecule has 1 aromatic heterocycles. The minimum absolute atomic E-state index is 0.167. The largest absolute Gasteiger partial charge is 0.464 e. The predicted octanol–water partition coefficient (Wildman–Crippen LogP) is 3.45. The number of nitrogens with zero attached hydrogens (tertiary/aromatic N) is 1. The van der Waals surface area contributed by atoms with Gasteiger partial charge in [0.05, 0.1) is 10.2 Å². The molecule has 4 heteroatoms. The van der Waals surface area contributed by atoms with Crippen molar-refractivity contribution in [1.29, 1.82) is 0 Å². The number of benzene rings is 1. The zero-order valence-electron chi connectivity index (χ0n) is 9.78. The quantitative estimate of drug-likeness (QED) is 0.830. The molecular formula is C12H16N2OS. The maximum atomic E-state index is 5.84. The summed E-state index contributed by atoms with van der Waals surface area (Å²) in [5.74, 6) is 0. The van der Waals surface area contributed by atoms with Gasteiger partial charge in [-0.3, -0.25) is 0 Å². The topological polar surface area (TPSA) is 48.1 Å². The Labute approximate surface area is 99.3 Å². The van der Waals surface area contributed by atoms with Gasteiger partial charge < -0.3 is 10.5 Å². The summed E-state index contributed by atoms with van der Waals surface area (Å²) in [6.07, 6.45) is 0.949. The van der Waals surface area contributed by atoms with Crippen LogP contribution in [-0.4, -0.2) is 10.6 Å². The van der Waals surface area contributed by atoms with E-state index in [0.29, 0.717) is 5.19 Å². The fourth-order valence-electron chi connectivity index (χ4n) is 1.27. The van der Waals surface area contributed by atoms with Crippen LogP contribution in [0.15, 0.2) is 18.2 Å². The van der Waals surface area contributed by atoms with E-state index < -0.39 is 0 Å². The van der Waals surface area contributed by atoms with Crippen LogP contribution in [0.2, 0.25) is 0 Å². The van der Waals surface area contributed by atoms with Crippen molar-refractivity contribution < 1.29 is 4.74 Å². The summed E-state index contributed by atoms with van der Waals surface area (Å²) in [5, 5.41) is 0.715. The van der Waals surface area contributed by atoms with E-state index in [1.165, 1.54) is 0 Å². The van der Waals surface area contributed by atoms with Gasteiger partial charge in [-0.1, -0.05) is 18.3 Å². The molecule has 0 aliphatic carbocycles. The number of hydrogen-bond donors (Lipinski definition) is 1. The fraction of sp³-hybridized carbons (Fsp3) is 0.417. The lowest BCUT2D eigenvalue weighted by Gasteiger charge is -2.22. The third-order valence-electron chi connectivity index (χ3n) is 2.61. The van der Waals surface area contributed by atoms with Crippen LogP contribution in [0.5, 0.6) is 5.19 Å². The first-order valence-corrected chi connectivity index (χ1v) is 6.17. The van der Waals surface area contributed by atoms with Crippen LogP contribution >= 0.6 is 11.3 Å². The molecular weight excluding hydrogens is 220 g/mol. The molecule has 1 aromatic carbocycles. The molecule has 0 saturated carbocycles. The van der Waals surface area contributed by atoms with Gasteiger partial charge in [-0.2, -0.15) is 0 Å². The number of aromatic nitrogens is 1. The molecule has 86 valence electrons. The van der Waals surface area contributed by atoms with Gasteiger partial charge in [0.25, 0.3) is 5.19 Å². The first-order valence-electron chi connectivity index (χ1n) is 5.35. The second-order valence-electron chi connectivity index (χ2n) is 4.42. The Morgan fingerprint density at radius 2 is 2.19 bits per heavy atom. The van der Waals surface area contributed by atoms with Crippen molar-refractivity contribution in [1.82, 2.24) is 4.98 Å². The molecule has 1 heterocycles. The minimum Gasteiger partial charge on any atom is -0.464 e. The molecule has 3 nitrogen and oxygen atoms in total. The average molecular weight is 236 g/mol. The molecule has 16 heavy (non-hydrogen) atoms. The molecule has 0 amide bonds. The van der Waals surface area contributed by atoms with E-state index in [4.69, 9.17) is 10.5 Å². The Morgan fingerprint density at radius 3 is 2.88 bits per heavy atom. The molecule has 0 atom stereocenters. The smallest absolute Gasteiger partial charge is 0.274 e. The zero-order valence-corrected chi connectivity index (χ0v) is 10.6. The Hall–Kier alpha value is -1.29. The molecule has 0 radical (unpaired) electrons. The normalized spacial score (nSPS) is 11.9. The van der Waals surface area contributed by atoms with E-state index in [0.717, 1.165) is 22.3 Å². The van der Waals surface area contributed by atoms with Gasteiger partial charge in [0.15, 0.2) is 0 Å². The van der Waals surface area contributed by atoms with Crippen LogP contribution in [0.1, 0.15) is 27.2 Å². The van der Waals surface area contributed by atoms with Crippen molar-refractivity contribution in [2.75, 3.05) is 5.73 Å². The summed E-state index contributed by atoms with van der Waals surface area (Å²) < 4.78 is 6.91. The van der Waals surface area contributed by atoms with Gasteiger partial charge in [0, 0.05) is 5.69 Å². The lowest BCUT2D eigenvalue weighted by atomic mass is 10.1. The third-order valence-corrected chi connectivity index (χ3v) is 3.50. The second-order valence-corrected chi connectivity index (χ2v) is 5.42. The zero-order chi connectivity index (χ0) is 11.8. The van der Waals surface area contributed by atoms with Gasteiger partial charge >= 0.3 is 0 Å². The third kappa shape index (κ3) is 2.27. The highest BCUT2D eigenvalue weighted by Gasteiger charge is 2.19. The molecule has 2 aromatic rings. The molecule has 0 aliphatic heterocycles. The minimum atomic E-state index is -0.167. The van der Waals surface area contributed by atoms with Crippen molar-refractivity contribution in [2.45, 2.75) is 32.8 Å². The summed E-state index contributed by atoms with van der Waals surface area (Å²) in [6.45, 7) is 6.23. The van der Waals surface area contributed by atoms with Gasteiger partial charge in [0.1, 0.15) is 5.60 Å². The average Bonchev–Trinajstić information content (AvgIpc) is 2.58. The molecule has 0 aliphatic rings. The number of thiazole rings is 1. The fourth-order valence-corrected chi connectivity index (χ4v) is 2.28. The van der Waals surface area contributed by atoms with Gasteiger partial charge in [0.2, 0.25) is 0 Å². The maximum absolute atomic E-state index is 5.84. The van der Waals surface area contributed by atoms with E-state index in [2.05, 4.69) is 25.8 Å². The molecule has 0 spiro atoms. The Kier molecular flexibility index (Phi) is 2.76. The molecule has 2 N–H and O–H groups in total. The van der Waals surface area contributed by atoms with Gasteiger partial charge in [-0.25, -0.2) is 4.98 Å². The maximum Gasteiger partial charge on any atom is 0.274 e. The molecule has 0 unspecified atom stereocenters. The van der Waals surface area contributed by atoms with Crippen LogP contribution < -0.4 is 10.5 Å². The highest BCUT2D eigenvalue weighted by molar-refractivity contribution is 7.20. The van der Waals surface area contributed by atoms with Crippen LogP contribution in [-0.2, 0) is 0 Å². The number of rotatable bonds is 3. The van der Waals surface area contributed by atoms with E-state index >= 15 is 0 Å². The standard InChI is InChI=1S/C12H16N2OS/c1-4-12(2,3)15-11-14-9-6-5-8(13)7-10(9)16-11/h5-7H,4,13H2,1-3H3. The molecule has 0 fully saturated rings. The Bertz CT molecular complexity index is 505. The first kappa shape index (κ1) is 11.2. The molecule has 0 bridgehead atoms. The monoisotopic (exact) mass is 236 g/mol. The highest BCUT2D eigenvalue weighted by Crippen LogP contribution is 2.31. The SMILES string of the molecule is CCC(C)(C)Oc1nc2ccc(N)cc2s1. The lowest BCUT2D eigenvalue weighted by molar-refractivity contribution is 0.105. The number of anilines is 1. The van der Waals surface area contributed by atoms with Gasteiger partial charge in [-0.15, -0.1) is 0 Å². The predicted molar refractivity (Wildman–Crippen MR) is 69.0 cm³/mol. The van der Waals surface area contributed by atoms with Crippen molar-refractivity contribution in [2.24, 2.45) is 0 Å². The number of ether oxygens (including phenoxy) is 1.